The average Bonchev–Trinajstić information content (AvgIpc) is 2.75. The van der Waals surface area contributed by atoms with E-state index in [9.17, 15) is 5.11 Å². The third-order valence-electron chi connectivity index (χ3n) is 4.05. The molecule has 1 aromatic rings. The Morgan fingerprint density at radius 3 is 2.95 bits per heavy atom. The molecule has 1 saturated carbocycles. The lowest BCUT2D eigenvalue weighted by Gasteiger charge is -2.43. The summed E-state index contributed by atoms with van der Waals surface area (Å²) in [6, 6.07) is 4.13. The maximum atomic E-state index is 10.7. The third kappa shape index (κ3) is 3.81. The van der Waals surface area contributed by atoms with Crippen LogP contribution in [-0.4, -0.2) is 23.4 Å². The zero-order valence-electron chi connectivity index (χ0n) is 11.7. The number of thiophene rings is 1. The van der Waals surface area contributed by atoms with Crippen molar-refractivity contribution in [2.75, 3.05) is 6.61 Å². The quantitative estimate of drug-likeness (QED) is 0.856. The van der Waals surface area contributed by atoms with Gasteiger partial charge in [0.15, 0.2) is 0 Å². The largest absolute Gasteiger partial charge is 0.390 e. The van der Waals surface area contributed by atoms with Gasteiger partial charge < -0.3 is 9.84 Å². The molecule has 0 spiro atoms. The van der Waals surface area contributed by atoms with E-state index in [1.165, 1.54) is 11.3 Å². The second kappa shape index (κ2) is 6.70. The minimum Gasteiger partial charge on any atom is -0.390 e. The molecule has 1 heterocycles. The summed E-state index contributed by atoms with van der Waals surface area (Å²) in [6.07, 6.45) is 4.68. The minimum atomic E-state index is -0.402. The Morgan fingerprint density at radius 2 is 2.37 bits per heavy atom. The average molecular weight is 347 g/mol. The van der Waals surface area contributed by atoms with E-state index in [0.717, 1.165) is 23.0 Å². The molecular weight excluding hydrogens is 324 g/mol. The van der Waals surface area contributed by atoms with E-state index >= 15 is 0 Å². The second-order valence-electron chi connectivity index (χ2n) is 5.63. The highest BCUT2D eigenvalue weighted by molar-refractivity contribution is 9.11. The maximum Gasteiger partial charge on any atom is 0.0946 e. The van der Waals surface area contributed by atoms with Crippen molar-refractivity contribution in [3.8, 4) is 0 Å². The van der Waals surface area contributed by atoms with E-state index in [1.807, 2.05) is 13.0 Å². The summed E-state index contributed by atoms with van der Waals surface area (Å²) in [4.78, 5) is 1.22. The topological polar surface area (TPSA) is 29.5 Å². The Labute approximate surface area is 128 Å². The Morgan fingerprint density at radius 1 is 1.58 bits per heavy atom. The monoisotopic (exact) mass is 346 g/mol. The molecule has 0 bridgehead atoms. The molecule has 3 atom stereocenters. The van der Waals surface area contributed by atoms with Crippen LogP contribution in [0.2, 0.25) is 0 Å². The fraction of sp³-hybridized carbons (Fsp3) is 0.733. The maximum absolute atomic E-state index is 10.7. The van der Waals surface area contributed by atoms with Crippen molar-refractivity contribution < 1.29 is 9.84 Å². The van der Waals surface area contributed by atoms with Crippen LogP contribution in [0.1, 0.15) is 44.4 Å². The van der Waals surface area contributed by atoms with Crippen molar-refractivity contribution in [1.82, 2.24) is 0 Å². The highest BCUT2D eigenvalue weighted by Gasteiger charge is 2.42. The molecule has 0 aliphatic heterocycles. The molecule has 19 heavy (non-hydrogen) atoms. The molecule has 3 unspecified atom stereocenters. The van der Waals surface area contributed by atoms with Crippen LogP contribution in [0.4, 0.5) is 0 Å². The van der Waals surface area contributed by atoms with Crippen LogP contribution in [0, 0.1) is 5.92 Å². The summed E-state index contributed by atoms with van der Waals surface area (Å²) in [5, 5.41) is 10.7. The van der Waals surface area contributed by atoms with Gasteiger partial charge in [0.2, 0.25) is 0 Å². The van der Waals surface area contributed by atoms with Gasteiger partial charge in [-0.2, -0.15) is 0 Å². The second-order valence-corrected chi connectivity index (χ2v) is 8.17. The highest BCUT2D eigenvalue weighted by Crippen LogP contribution is 2.39. The van der Waals surface area contributed by atoms with Crippen molar-refractivity contribution in [2.45, 2.75) is 57.7 Å². The number of hydrogen-bond acceptors (Lipinski definition) is 3. The first-order chi connectivity index (χ1) is 9.05. The summed E-state index contributed by atoms with van der Waals surface area (Å²) >= 11 is 5.18. The van der Waals surface area contributed by atoms with Crippen molar-refractivity contribution in [2.24, 2.45) is 5.92 Å². The molecule has 1 aliphatic carbocycles. The van der Waals surface area contributed by atoms with Crippen molar-refractivity contribution >= 4 is 27.3 Å². The van der Waals surface area contributed by atoms with Crippen LogP contribution in [0.3, 0.4) is 0 Å². The molecular formula is C15H23BrO2S. The highest BCUT2D eigenvalue weighted by atomic mass is 79.9. The van der Waals surface area contributed by atoms with Crippen molar-refractivity contribution in [3.05, 3.63) is 20.8 Å². The molecule has 1 fully saturated rings. The molecule has 0 saturated heterocycles. The van der Waals surface area contributed by atoms with Gasteiger partial charge in [0, 0.05) is 17.9 Å². The van der Waals surface area contributed by atoms with E-state index in [1.54, 1.807) is 11.3 Å². The van der Waals surface area contributed by atoms with Crippen LogP contribution < -0.4 is 0 Å². The lowest BCUT2D eigenvalue weighted by molar-refractivity contribution is -0.146. The molecule has 4 heteroatoms. The van der Waals surface area contributed by atoms with Crippen LogP contribution in [0.15, 0.2) is 15.9 Å². The van der Waals surface area contributed by atoms with Crippen LogP contribution in [0.5, 0.6) is 0 Å². The first-order valence-electron chi connectivity index (χ1n) is 7.12. The number of ether oxygens (including phenoxy) is 1. The molecule has 1 aliphatic rings. The number of hydrogen-bond donors (Lipinski definition) is 1. The Hall–Kier alpha value is 0.1000. The minimum absolute atomic E-state index is 0.330. The normalized spacial score (nSPS) is 29.4. The van der Waals surface area contributed by atoms with Gasteiger partial charge in [-0.1, -0.05) is 19.8 Å². The van der Waals surface area contributed by atoms with E-state index in [4.69, 9.17) is 4.74 Å². The molecule has 0 aromatic carbocycles. The number of aliphatic hydroxyl groups is 1. The smallest absolute Gasteiger partial charge is 0.0946 e. The van der Waals surface area contributed by atoms with Crippen LogP contribution >= 0.6 is 27.3 Å². The van der Waals surface area contributed by atoms with E-state index < -0.39 is 6.10 Å². The van der Waals surface area contributed by atoms with Gasteiger partial charge >= 0.3 is 0 Å². The van der Waals surface area contributed by atoms with E-state index in [0.29, 0.717) is 18.9 Å². The standard InChI is InChI=1S/C15H23BrO2S/c1-3-18-15(8-4-5-11(2)10-15)13(17)9-12-6-7-14(16)19-12/h6-7,11,13,17H,3-5,8-10H2,1-2H3. The summed E-state index contributed by atoms with van der Waals surface area (Å²) in [6.45, 7) is 4.97. The first kappa shape index (κ1) is 15.5. The van der Waals surface area contributed by atoms with Crippen molar-refractivity contribution in [3.63, 3.8) is 0 Å². The van der Waals surface area contributed by atoms with Gasteiger partial charge in [-0.3, -0.25) is 0 Å². The van der Waals surface area contributed by atoms with Crippen LogP contribution in [-0.2, 0) is 11.2 Å². The number of aliphatic hydroxyl groups excluding tert-OH is 1. The van der Waals surface area contributed by atoms with Gasteiger partial charge in [-0.15, -0.1) is 11.3 Å². The molecule has 1 aromatic heterocycles. The lowest BCUT2D eigenvalue weighted by Crippen LogP contribution is -2.49. The molecule has 0 radical (unpaired) electrons. The fourth-order valence-electron chi connectivity index (χ4n) is 3.20. The Bertz CT molecular complexity index is 403. The van der Waals surface area contributed by atoms with Gasteiger partial charge in [0.1, 0.15) is 0 Å². The summed E-state index contributed by atoms with van der Waals surface area (Å²) in [5.41, 5.74) is -0.330. The lowest BCUT2D eigenvalue weighted by atomic mass is 9.74. The molecule has 1 N–H and O–H groups in total. The predicted molar refractivity (Wildman–Crippen MR) is 83.7 cm³/mol. The number of halogens is 1. The van der Waals surface area contributed by atoms with E-state index in [-0.39, 0.29) is 5.60 Å². The molecule has 0 amide bonds. The van der Waals surface area contributed by atoms with Crippen molar-refractivity contribution in [1.29, 1.82) is 0 Å². The molecule has 108 valence electrons. The summed E-state index contributed by atoms with van der Waals surface area (Å²) in [5.74, 6) is 0.644. The Balaban J connectivity index is 2.09. The SMILES string of the molecule is CCOC1(C(O)Cc2ccc(Br)s2)CCCC(C)C1. The van der Waals surface area contributed by atoms with Gasteiger partial charge in [0.25, 0.3) is 0 Å². The third-order valence-corrected chi connectivity index (χ3v) is 5.70. The molecule has 2 rings (SSSR count). The number of rotatable bonds is 5. The Kier molecular flexibility index (Phi) is 5.46. The predicted octanol–water partition coefficient (Wildman–Crippen LogP) is 4.40. The van der Waals surface area contributed by atoms with Gasteiger partial charge in [-0.25, -0.2) is 0 Å². The summed E-state index contributed by atoms with van der Waals surface area (Å²) < 4.78 is 7.15. The van der Waals surface area contributed by atoms with E-state index in [2.05, 4.69) is 28.9 Å². The summed E-state index contributed by atoms with van der Waals surface area (Å²) in [7, 11) is 0. The zero-order valence-corrected chi connectivity index (χ0v) is 14.1. The van der Waals surface area contributed by atoms with Gasteiger partial charge in [-0.05, 0) is 53.7 Å². The molecule has 2 nitrogen and oxygen atoms in total. The van der Waals surface area contributed by atoms with Crippen LogP contribution in [0.25, 0.3) is 0 Å². The van der Waals surface area contributed by atoms with Gasteiger partial charge in [0.05, 0.1) is 15.5 Å². The fourth-order valence-corrected chi connectivity index (χ4v) is 4.72. The zero-order chi connectivity index (χ0) is 13.9. The first-order valence-corrected chi connectivity index (χ1v) is 8.73.